The number of aromatic nitrogens is 1. The number of nitrogens with one attached hydrogen (secondary N) is 1. The van der Waals surface area contributed by atoms with Crippen LogP contribution in [0.1, 0.15) is 12.1 Å². The van der Waals surface area contributed by atoms with E-state index in [0.717, 1.165) is 30.8 Å². The van der Waals surface area contributed by atoms with Gasteiger partial charge in [-0.05, 0) is 13.0 Å². The van der Waals surface area contributed by atoms with Crippen molar-refractivity contribution in [3.63, 3.8) is 0 Å². The summed E-state index contributed by atoms with van der Waals surface area (Å²) in [5, 5.41) is 3.53. The Morgan fingerprint density at radius 1 is 1.29 bits per heavy atom. The van der Waals surface area contributed by atoms with Crippen LogP contribution in [0, 0.1) is 0 Å². The average Bonchev–Trinajstić information content (AvgIpc) is 2.50. The highest BCUT2D eigenvalue weighted by molar-refractivity contribution is 7.19. The minimum absolute atomic E-state index is 0.287. The third-order valence-corrected chi connectivity index (χ3v) is 3.77. The van der Waals surface area contributed by atoms with Crippen molar-refractivity contribution in [1.82, 2.24) is 10.3 Å². The fourth-order valence-corrected chi connectivity index (χ4v) is 2.86. The van der Waals surface area contributed by atoms with E-state index in [1.54, 1.807) is 0 Å². The zero-order valence-corrected chi connectivity index (χ0v) is 10.4. The van der Waals surface area contributed by atoms with Gasteiger partial charge < -0.3 is 10.2 Å². The van der Waals surface area contributed by atoms with Crippen LogP contribution in [0.4, 0.5) is 18.3 Å². The second-order valence-corrected chi connectivity index (χ2v) is 5.29. The average molecular weight is 286 g/mol. The van der Waals surface area contributed by atoms with Crippen LogP contribution in [-0.4, -0.2) is 31.2 Å². The first-order valence-corrected chi connectivity index (χ1v) is 6.37. The number of hydrogen-bond donors (Lipinski definition) is 1. The summed E-state index contributed by atoms with van der Waals surface area (Å²) >= 11 is 6.47. The number of rotatable bonds is 1. The maximum atomic E-state index is 12.5. The van der Waals surface area contributed by atoms with Gasteiger partial charge in [0, 0.05) is 19.6 Å². The minimum Gasteiger partial charge on any atom is -0.347 e. The molecule has 1 aliphatic heterocycles. The van der Waals surface area contributed by atoms with Crippen molar-refractivity contribution in [2.24, 2.45) is 0 Å². The monoisotopic (exact) mass is 285 g/mol. The van der Waals surface area contributed by atoms with Gasteiger partial charge in [-0.15, -0.1) is 0 Å². The minimum atomic E-state index is -4.48. The Labute approximate surface area is 106 Å². The third kappa shape index (κ3) is 3.02. The lowest BCUT2D eigenvalue weighted by atomic mass is 10.4. The van der Waals surface area contributed by atoms with Gasteiger partial charge in [0.25, 0.3) is 0 Å². The molecule has 0 unspecified atom stereocenters. The van der Waals surface area contributed by atoms with Crippen molar-refractivity contribution in [3.05, 3.63) is 10.0 Å². The van der Waals surface area contributed by atoms with Crippen molar-refractivity contribution >= 4 is 28.1 Å². The molecule has 0 atom stereocenters. The van der Waals surface area contributed by atoms with Crippen LogP contribution < -0.4 is 10.2 Å². The second kappa shape index (κ2) is 4.99. The summed E-state index contributed by atoms with van der Waals surface area (Å²) < 4.78 is 37.3. The summed E-state index contributed by atoms with van der Waals surface area (Å²) in [6, 6.07) is 0. The molecule has 0 radical (unpaired) electrons. The Hall–Kier alpha value is -0.530. The Morgan fingerprint density at radius 3 is 2.71 bits per heavy atom. The van der Waals surface area contributed by atoms with Crippen LogP contribution in [-0.2, 0) is 6.18 Å². The van der Waals surface area contributed by atoms with E-state index in [9.17, 15) is 13.2 Å². The van der Waals surface area contributed by atoms with E-state index in [0.29, 0.717) is 18.2 Å². The molecule has 96 valence electrons. The Morgan fingerprint density at radius 2 is 2.06 bits per heavy atom. The van der Waals surface area contributed by atoms with Crippen LogP contribution in [0.25, 0.3) is 0 Å². The molecule has 1 aromatic rings. The predicted octanol–water partition coefficient (Wildman–Crippen LogP) is 2.62. The summed E-state index contributed by atoms with van der Waals surface area (Å²) in [7, 11) is 0. The van der Waals surface area contributed by atoms with E-state index in [4.69, 9.17) is 11.6 Å². The van der Waals surface area contributed by atoms with Crippen LogP contribution in [0.3, 0.4) is 0 Å². The van der Waals surface area contributed by atoms with E-state index in [2.05, 4.69) is 10.3 Å². The molecular formula is C9H11ClF3N3S. The summed E-state index contributed by atoms with van der Waals surface area (Å²) in [6.45, 7) is 2.98. The zero-order chi connectivity index (χ0) is 12.5. The maximum absolute atomic E-state index is 12.5. The summed E-state index contributed by atoms with van der Waals surface area (Å²) in [5.74, 6) is 0. The molecule has 0 spiro atoms. The third-order valence-electron chi connectivity index (χ3n) is 2.45. The number of hydrogen-bond acceptors (Lipinski definition) is 4. The van der Waals surface area contributed by atoms with Crippen molar-refractivity contribution in [3.8, 4) is 0 Å². The molecule has 0 aromatic carbocycles. The van der Waals surface area contributed by atoms with Gasteiger partial charge in [0.15, 0.2) is 10.8 Å². The number of thiazole rings is 1. The van der Waals surface area contributed by atoms with Gasteiger partial charge >= 0.3 is 6.18 Å². The summed E-state index contributed by atoms with van der Waals surface area (Å²) in [5.41, 5.74) is -0.976. The van der Waals surface area contributed by atoms with Crippen LogP contribution in [0.5, 0.6) is 0 Å². The van der Waals surface area contributed by atoms with Crippen molar-refractivity contribution in [1.29, 1.82) is 0 Å². The second-order valence-electron chi connectivity index (χ2n) is 3.71. The maximum Gasteiger partial charge on any atom is 0.435 e. The quantitative estimate of drug-likeness (QED) is 0.860. The highest BCUT2D eigenvalue weighted by atomic mass is 35.5. The molecule has 0 amide bonds. The van der Waals surface area contributed by atoms with Crippen molar-refractivity contribution in [2.75, 3.05) is 31.1 Å². The lowest BCUT2D eigenvalue weighted by Gasteiger charge is -2.18. The molecule has 2 rings (SSSR count). The highest BCUT2D eigenvalue weighted by Gasteiger charge is 2.37. The van der Waals surface area contributed by atoms with Gasteiger partial charge in [-0.25, -0.2) is 4.98 Å². The molecule has 2 heterocycles. The molecule has 1 aliphatic rings. The van der Waals surface area contributed by atoms with Crippen LogP contribution in [0.2, 0.25) is 4.34 Å². The highest BCUT2D eigenvalue weighted by Crippen LogP contribution is 2.40. The van der Waals surface area contributed by atoms with Gasteiger partial charge in [0.05, 0.1) is 0 Å². The number of halogens is 4. The molecule has 1 saturated heterocycles. The molecule has 1 N–H and O–H groups in total. The smallest absolute Gasteiger partial charge is 0.347 e. The van der Waals surface area contributed by atoms with E-state index in [1.165, 1.54) is 0 Å². The molecule has 1 fully saturated rings. The lowest BCUT2D eigenvalue weighted by molar-refractivity contribution is -0.140. The van der Waals surface area contributed by atoms with Gasteiger partial charge in [-0.3, -0.25) is 0 Å². The fraction of sp³-hybridized carbons (Fsp3) is 0.667. The Balaban J connectivity index is 2.21. The zero-order valence-electron chi connectivity index (χ0n) is 8.85. The van der Waals surface area contributed by atoms with E-state index in [1.807, 2.05) is 4.90 Å². The van der Waals surface area contributed by atoms with Gasteiger partial charge in [0.1, 0.15) is 4.34 Å². The van der Waals surface area contributed by atoms with E-state index >= 15 is 0 Å². The summed E-state index contributed by atoms with van der Waals surface area (Å²) in [6.07, 6.45) is -3.59. The van der Waals surface area contributed by atoms with Gasteiger partial charge in [-0.1, -0.05) is 22.9 Å². The number of anilines is 1. The van der Waals surface area contributed by atoms with E-state index < -0.39 is 11.9 Å². The predicted molar refractivity (Wildman–Crippen MR) is 61.8 cm³/mol. The summed E-state index contributed by atoms with van der Waals surface area (Å²) in [4.78, 5) is 5.45. The first-order valence-electron chi connectivity index (χ1n) is 5.17. The van der Waals surface area contributed by atoms with Crippen molar-refractivity contribution < 1.29 is 13.2 Å². The topological polar surface area (TPSA) is 28.2 Å². The fourth-order valence-electron chi connectivity index (χ4n) is 1.64. The van der Waals surface area contributed by atoms with E-state index in [-0.39, 0.29) is 4.34 Å². The Kier molecular flexibility index (Phi) is 3.79. The molecule has 0 aliphatic carbocycles. The molecule has 0 saturated carbocycles. The molecule has 17 heavy (non-hydrogen) atoms. The van der Waals surface area contributed by atoms with Crippen molar-refractivity contribution in [2.45, 2.75) is 12.6 Å². The van der Waals surface area contributed by atoms with Crippen LogP contribution in [0.15, 0.2) is 0 Å². The first-order chi connectivity index (χ1) is 7.98. The molecule has 3 nitrogen and oxygen atoms in total. The normalized spacial score (nSPS) is 18.2. The molecule has 8 heteroatoms. The number of nitrogens with zero attached hydrogens (tertiary/aromatic N) is 2. The SMILES string of the molecule is FC(F)(F)c1nc(N2CCCNCC2)sc1Cl. The van der Waals surface area contributed by atoms with Gasteiger partial charge in [0.2, 0.25) is 0 Å². The van der Waals surface area contributed by atoms with Crippen LogP contribution >= 0.6 is 22.9 Å². The molecular weight excluding hydrogens is 275 g/mol. The largest absolute Gasteiger partial charge is 0.435 e. The van der Waals surface area contributed by atoms with Gasteiger partial charge in [-0.2, -0.15) is 13.2 Å². The standard InChI is InChI=1S/C9H11ClF3N3S/c10-7-6(9(11,12)13)15-8(17-7)16-4-1-2-14-3-5-16/h14H,1-5H2. The molecule has 1 aromatic heterocycles. The lowest BCUT2D eigenvalue weighted by Crippen LogP contribution is -2.27. The number of alkyl halides is 3. The Bertz CT molecular complexity index is 385. The first kappa shape index (κ1) is 12.9. The molecule has 0 bridgehead atoms.